The van der Waals surface area contributed by atoms with Gasteiger partial charge in [0.1, 0.15) is 5.82 Å². The minimum absolute atomic E-state index is 0.538. The van der Waals surface area contributed by atoms with Crippen molar-refractivity contribution in [1.29, 1.82) is 0 Å². The van der Waals surface area contributed by atoms with E-state index in [-0.39, 0.29) is 0 Å². The number of aromatic nitrogens is 1. The van der Waals surface area contributed by atoms with Crippen molar-refractivity contribution in [2.75, 3.05) is 38.1 Å². The highest BCUT2D eigenvalue weighted by Gasteiger charge is 2.12. The van der Waals surface area contributed by atoms with Crippen molar-refractivity contribution in [2.45, 2.75) is 25.6 Å². The molecule has 0 atom stereocenters. The van der Waals surface area contributed by atoms with Gasteiger partial charge in [0.15, 0.2) is 0 Å². The van der Waals surface area contributed by atoms with Gasteiger partial charge in [-0.2, -0.15) is 0 Å². The summed E-state index contributed by atoms with van der Waals surface area (Å²) in [6, 6.07) is 4.14. The molecule has 0 N–H and O–H groups in total. The number of hydrogen-bond acceptors (Lipinski definition) is 3. The minimum atomic E-state index is 0.538. The summed E-state index contributed by atoms with van der Waals surface area (Å²) in [7, 11) is 2.11. The number of aryl methyl sites for hydroxylation is 1. The lowest BCUT2D eigenvalue weighted by Gasteiger charge is -2.22. The molecule has 2 rings (SSSR count). The van der Waals surface area contributed by atoms with E-state index in [1.807, 2.05) is 6.92 Å². The Kier molecular flexibility index (Phi) is 4.84. The molecule has 0 aromatic carbocycles. The molecule has 0 aliphatic carbocycles. The van der Waals surface area contributed by atoms with Crippen molar-refractivity contribution in [1.82, 2.24) is 9.88 Å². The molecule has 1 aliphatic rings. The van der Waals surface area contributed by atoms with E-state index in [1.54, 1.807) is 0 Å². The van der Waals surface area contributed by atoms with Gasteiger partial charge in [0.2, 0.25) is 0 Å². The van der Waals surface area contributed by atoms with Gasteiger partial charge in [-0.15, -0.1) is 11.6 Å². The maximum atomic E-state index is 5.85. The summed E-state index contributed by atoms with van der Waals surface area (Å²) in [5.41, 5.74) is 2.16. The Morgan fingerprint density at radius 2 is 2.06 bits per heavy atom. The second-order valence-corrected chi connectivity index (χ2v) is 5.29. The standard InChI is InChI=1S/C14H22ClN3/c1-12-13(11-15)5-6-14(16-12)17(2)9-10-18-7-3-4-8-18/h5-6H,3-4,7-11H2,1-2H3. The van der Waals surface area contributed by atoms with Gasteiger partial charge in [-0.05, 0) is 44.5 Å². The number of nitrogens with zero attached hydrogens (tertiary/aromatic N) is 3. The van der Waals surface area contributed by atoms with Crippen LogP contribution in [-0.2, 0) is 5.88 Å². The van der Waals surface area contributed by atoms with Gasteiger partial charge in [-0.3, -0.25) is 0 Å². The predicted molar refractivity (Wildman–Crippen MR) is 77.5 cm³/mol. The molecular weight excluding hydrogens is 246 g/mol. The third-order valence-corrected chi connectivity index (χ3v) is 3.95. The Balaban J connectivity index is 1.91. The van der Waals surface area contributed by atoms with Gasteiger partial charge in [-0.1, -0.05) is 6.07 Å². The van der Waals surface area contributed by atoms with E-state index in [1.165, 1.54) is 25.9 Å². The molecule has 4 heteroatoms. The van der Waals surface area contributed by atoms with Gasteiger partial charge in [0, 0.05) is 31.7 Å². The van der Waals surface area contributed by atoms with Crippen LogP contribution in [-0.4, -0.2) is 43.1 Å². The van der Waals surface area contributed by atoms with E-state index in [4.69, 9.17) is 11.6 Å². The van der Waals surface area contributed by atoms with Crippen molar-refractivity contribution in [3.63, 3.8) is 0 Å². The van der Waals surface area contributed by atoms with E-state index >= 15 is 0 Å². The van der Waals surface area contributed by atoms with Gasteiger partial charge in [0.05, 0.1) is 0 Å². The molecule has 0 saturated carbocycles. The molecule has 100 valence electrons. The summed E-state index contributed by atoms with van der Waals surface area (Å²) in [5.74, 6) is 1.58. The average molecular weight is 268 g/mol. The quantitative estimate of drug-likeness (QED) is 0.765. The Hall–Kier alpha value is -0.800. The first-order valence-electron chi connectivity index (χ1n) is 6.66. The molecule has 1 saturated heterocycles. The van der Waals surface area contributed by atoms with E-state index < -0.39 is 0 Å². The largest absolute Gasteiger partial charge is 0.358 e. The number of anilines is 1. The molecule has 2 heterocycles. The fraction of sp³-hybridized carbons (Fsp3) is 0.643. The first kappa shape index (κ1) is 13.6. The summed E-state index contributed by atoms with van der Waals surface area (Å²) in [5, 5.41) is 0. The maximum absolute atomic E-state index is 5.85. The molecule has 18 heavy (non-hydrogen) atoms. The molecule has 3 nitrogen and oxygen atoms in total. The van der Waals surface area contributed by atoms with Crippen molar-refractivity contribution >= 4 is 17.4 Å². The Bertz CT molecular complexity index is 389. The number of rotatable bonds is 5. The lowest BCUT2D eigenvalue weighted by Crippen LogP contribution is -2.31. The van der Waals surface area contributed by atoms with Crippen LogP contribution in [0.1, 0.15) is 24.1 Å². The van der Waals surface area contributed by atoms with Crippen molar-refractivity contribution < 1.29 is 0 Å². The summed E-state index contributed by atoms with van der Waals surface area (Å²) < 4.78 is 0. The summed E-state index contributed by atoms with van der Waals surface area (Å²) in [6.45, 7) is 6.70. The van der Waals surface area contributed by atoms with Gasteiger partial charge < -0.3 is 9.80 Å². The van der Waals surface area contributed by atoms with E-state index in [9.17, 15) is 0 Å². The smallest absolute Gasteiger partial charge is 0.128 e. The molecule has 1 fully saturated rings. The first-order chi connectivity index (χ1) is 8.70. The minimum Gasteiger partial charge on any atom is -0.358 e. The zero-order valence-electron chi connectivity index (χ0n) is 11.3. The lowest BCUT2D eigenvalue weighted by molar-refractivity contribution is 0.346. The fourth-order valence-electron chi connectivity index (χ4n) is 2.34. The highest BCUT2D eigenvalue weighted by atomic mass is 35.5. The van der Waals surface area contributed by atoms with Crippen molar-refractivity contribution in [2.24, 2.45) is 0 Å². The van der Waals surface area contributed by atoms with E-state index in [0.717, 1.165) is 30.2 Å². The molecule has 0 unspecified atom stereocenters. The second kappa shape index (κ2) is 6.39. The Labute approximate surface area is 115 Å². The summed E-state index contributed by atoms with van der Waals surface area (Å²) in [4.78, 5) is 9.36. The van der Waals surface area contributed by atoms with Crippen molar-refractivity contribution in [3.05, 3.63) is 23.4 Å². The van der Waals surface area contributed by atoms with Gasteiger partial charge in [-0.25, -0.2) is 4.98 Å². The van der Waals surface area contributed by atoms with E-state index in [2.05, 4.69) is 34.0 Å². The molecular formula is C14H22ClN3. The predicted octanol–water partition coefficient (Wildman–Crippen LogP) is 2.66. The van der Waals surface area contributed by atoms with Crippen LogP contribution in [0.4, 0.5) is 5.82 Å². The number of alkyl halides is 1. The highest BCUT2D eigenvalue weighted by Crippen LogP contribution is 2.15. The Morgan fingerprint density at radius 3 is 2.67 bits per heavy atom. The van der Waals surface area contributed by atoms with Crippen LogP contribution in [0.3, 0.4) is 0 Å². The SMILES string of the molecule is Cc1nc(N(C)CCN2CCCC2)ccc1CCl. The molecule has 0 bridgehead atoms. The number of likely N-dealkylation sites (tertiary alicyclic amines) is 1. The fourth-order valence-corrected chi connectivity index (χ4v) is 2.63. The average Bonchev–Trinajstić information content (AvgIpc) is 2.89. The third-order valence-electron chi connectivity index (χ3n) is 3.67. The zero-order valence-corrected chi connectivity index (χ0v) is 12.1. The summed E-state index contributed by atoms with van der Waals surface area (Å²) >= 11 is 5.85. The number of likely N-dealkylation sites (N-methyl/N-ethyl adjacent to an activating group) is 1. The molecule has 0 amide bonds. The molecule has 1 aliphatic heterocycles. The maximum Gasteiger partial charge on any atom is 0.128 e. The second-order valence-electron chi connectivity index (χ2n) is 5.02. The monoisotopic (exact) mass is 267 g/mol. The van der Waals surface area contributed by atoms with Crippen LogP contribution in [0.25, 0.3) is 0 Å². The number of halogens is 1. The molecule has 1 aromatic heterocycles. The lowest BCUT2D eigenvalue weighted by atomic mass is 10.2. The van der Waals surface area contributed by atoms with Crippen LogP contribution in [0.15, 0.2) is 12.1 Å². The highest BCUT2D eigenvalue weighted by molar-refractivity contribution is 6.17. The number of pyridine rings is 1. The zero-order chi connectivity index (χ0) is 13.0. The van der Waals surface area contributed by atoms with Crippen LogP contribution >= 0.6 is 11.6 Å². The number of hydrogen-bond donors (Lipinski definition) is 0. The van der Waals surface area contributed by atoms with Crippen LogP contribution < -0.4 is 4.90 Å². The molecule has 0 radical (unpaired) electrons. The molecule has 0 spiro atoms. The van der Waals surface area contributed by atoms with E-state index in [0.29, 0.717) is 5.88 Å². The Morgan fingerprint density at radius 1 is 1.33 bits per heavy atom. The summed E-state index contributed by atoms with van der Waals surface area (Å²) in [6.07, 6.45) is 2.71. The van der Waals surface area contributed by atoms with Gasteiger partial charge in [0.25, 0.3) is 0 Å². The van der Waals surface area contributed by atoms with Crippen molar-refractivity contribution in [3.8, 4) is 0 Å². The molecule has 1 aromatic rings. The van der Waals surface area contributed by atoms with Crippen LogP contribution in [0, 0.1) is 6.92 Å². The van der Waals surface area contributed by atoms with Crippen LogP contribution in [0.5, 0.6) is 0 Å². The first-order valence-corrected chi connectivity index (χ1v) is 7.20. The topological polar surface area (TPSA) is 19.4 Å². The normalized spacial score (nSPS) is 16.2. The van der Waals surface area contributed by atoms with Gasteiger partial charge >= 0.3 is 0 Å². The van der Waals surface area contributed by atoms with Crippen LogP contribution in [0.2, 0.25) is 0 Å². The third kappa shape index (κ3) is 3.36.